The molecule has 0 heterocycles. The Morgan fingerprint density at radius 3 is 1.79 bits per heavy atom. The first kappa shape index (κ1) is 26.1. The van der Waals surface area contributed by atoms with Crippen LogP contribution >= 0.6 is 0 Å². The largest absolute Gasteiger partial charge is 0.395 e. The van der Waals surface area contributed by atoms with Gasteiger partial charge in [-0.2, -0.15) is 0 Å². The summed E-state index contributed by atoms with van der Waals surface area (Å²) in [4.78, 5) is 0. The van der Waals surface area contributed by atoms with Crippen LogP contribution < -0.4 is 5.32 Å². The van der Waals surface area contributed by atoms with E-state index in [1.807, 2.05) is 18.2 Å². The number of hydrogen-bond donors (Lipinski definition) is 3. The summed E-state index contributed by atoms with van der Waals surface area (Å²) < 4.78 is 0. The van der Waals surface area contributed by atoms with Crippen LogP contribution in [-0.4, -0.2) is 35.5 Å². The van der Waals surface area contributed by atoms with Gasteiger partial charge >= 0.3 is 0 Å². The molecular formula is C26H47NO2. The van der Waals surface area contributed by atoms with Crippen LogP contribution in [-0.2, 0) is 6.42 Å². The molecule has 29 heavy (non-hydrogen) atoms. The lowest BCUT2D eigenvalue weighted by Gasteiger charge is -2.22. The van der Waals surface area contributed by atoms with Gasteiger partial charge in [0, 0.05) is 0 Å². The lowest BCUT2D eigenvalue weighted by molar-refractivity contribution is 0.0815. The molecule has 0 amide bonds. The summed E-state index contributed by atoms with van der Waals surface area (Å²) in [6.45, 7) is 3.05. The van der Waals surface area contributed by atoms with Crippen LogP contribution in [0.2, 0.25) is 0 Å². The fourth-order valence-electron chi connectivity index (χ4n) is 3.94. The first-order chi connectivity index (χ1) is 14.3. The Labute approximate surface area is 180 Å². The maximum Gasteiger partial charge on any atom is 0.0715 e. The molecule has 3 heteroatoms. The van der Waals surface area contributed by atoms with Crippen LogP contribution in [0, 0.1) is 0 Å². The fourth-order valence-corrected chi connectivity index (χ4v) is 3.94. The van der Waals surface area contributed by atoms with Crippen molar-refractivity contribution in [2.24, 2.45) is 0 Å². The molecule has 0 fully saturated rings. The number of unbranched alkanes of at least 4 members (excludes halogenated alkanes) is 12. The SMILES string of the molecule is CCCCCCCCCCCCCCC[C@H](O)[C@@H](CO)NCCc1ccccc1. The smallest absolute Gasteiger partial charge is 0.0715 e. The molecule has 0 aliphatic carbocycles. The van der Waals surface area contributed by atoms with Crippen molar-refractivity contribution in [3.05, 3.63) is 35.9 Å². The highest BCUT2D eigenvalue weighted by molar-refractivity contribution is 5.14. The third-order valence-electron chi connectivity index (χ3n) is 5.93. The zero-order valence-electron chi connectivity index (χ0n) is 19.0. The molecule has 1 aromatic rings. The van der Waals surface area contributed by atoms with E-state index < -0.39 is 6.10 Å². The summed E-state index contributed by atoms with van der Waals surface area (Å²) >= 11 is 0. The molecule has 0 aliphatic rings. The minimum atomic E-state index is -0.455. The second-order valence-electron chi connectivity index (χ2n) is 8.58. The fraction of sp³-hybridized carbons (Fsp3) is 0.769. The van der Waals surface area contributed by atoms with E-state index in [1.165, 1.54) is 82.6 Å². The van der Waals surface area contributed by atoms with Crippen molar-refractivity contribution in [1.82, 2.24) is 5.32 Å². The minimum absolute atomic E-state index is 0.00555. The quantitative estimate of drug-likeness (QED) is 0.232. The Morgan fingerprint density at radius 1 is 0.759 bits per heavy atom. The number of benzene rings is 1. The summed E-state index contributed by atoms with van der Waals surface area (Å²) in [5, 5.41) is 23.3. The van der Waals surface area contributed by atoms with E-state index in [9.17, 15) is 10.2 Å². The summed E-state index contributed by atoms with van der Waals surface area (Å²) in [6, 6.07) is 10.1. The number of hydrogen-bond acceptors (Lipinski definition) is 3. The number of nitrogens with one attached hydrogen (secondary N) is 1. The molecule has 0 saturated heterocycles. The van der Waals surface area contributed by atoms with E-state index in [-0.39, 0.29) is 12.6 Å². The van der Waals surface area contributed by atoms with Crippen LogP contribution in [0.3, 0.4) is 0 Å². The third-order valence-corrected chi connectivity index (χ3v) is 5.93. The lowest BCUT2D eigenvalue weighted by atomic mass is 10.0. The number of aliphatic hydroxyl groups excluding tert-OH is 2. The summed E-state index contributed by atoms with van der Waals surface area (Å²) in [6.07, 6.45) is 18.6. The van der Waals surface area contributed by atoms with E-state index in [0.717, 1.165) is 25.8 Å². The molecule has 1 aromatic carbocycles. The van der Waals surface area contributed by atoms with Crippen LogP contribution in [0.5, 0.6) is 0 Å². The number of rotatable bonds is 20. The first-order valence-electron chi connectivity index (χ1n) is 12.3. The van der Waals surface area contributed by atoms with Crippen molar-refractivity contribution < 1.29 is 10.2 Å². The summed E-state index contributed by atoms with van der Waals surface area (Å²) in [7, 11) is 0. The van der Waals surface area contributed by atoms with Gasteiger partial charge in [0.25, 0.3) is 0 Å². The van der Waals surface area contributed by atoms with Gasteiger partial charge in [-0.05, 0) is 24.9 Å². The van der Waals surface area contributed by atoms with Crippen molar-refractivity contribution in [2.45, 2.75) is 115 Å². The van der Waals surface area contributed by atoms with Crippen molar-refractivity contribution in [3.63, 3.8) is 0 Å². The first-order valence-corrected chi connectivity index (χ1v) is 12.3. The molecule has 0 aromatic heterocycles. The Bertz CT molecular complexity index is 451. The van der Waals surface area contributed by atoms with Crippen LogP contribution in [0.25, 0.3) is 0 Å². The van der Waals surface area contributed by atoms with Gasteiger partial charge in [-0.3, -0.25) is 0 Å². The van der Waals surface area contributed by atoms with E-state index >= 15 is 0 Å². The molecule has 168 valence electrons. The van der Waals surface area contributed by atoms with Crippen molar-refractivity contribution >= 4 is 0 Å². The second-order valence-corrected chi connectivity index (χ2v) is 8.58. The van der Waals surface area contributed by atoms with Gasteiger partial charge in [0.15, 0.2) is 0 Å². The van der Waals surface area contributed by atoms with Crippen LogP contribution in [0.15, 0.2) is 30.3 Å². The monoisotopic (exact) mass is 405 g/mol. The summed E-state index contributed by atoms with van der Waals surface area (Å²) in [5.41, 5.74) is 1.28. The van der Waals surface area contributed by atoms with E-state index in [4.69, 9.17) is 0 Å². The molecule has 0 saturated carbocycles. The lowest BCUT2D eigenvalue weighted by Crippen LogP contribution is -2.43. The van der Waals surface area contributed by atoms with Crippen LogP contribution in [0.4, 0.5) is 0 Å². The summed E-state index contributed by atoms with van der Waals surface area (Å²) in [5.74, 6) is 0. The Morgan fingerprint density at radius 2 is 1.28 bits per heavy atom. The molecule has 0 spiro atoms. The van der Waals surface area contributed by atoms with E-state index in [1.54, 1.807) is 0 Å². The van der Waals surface area contributed by atoms with Gasteiger partial charge < -0.3 is 15.5 Å². The van der Waals surface area contributed by atoms with Crippen molar-refractivity contribution in [2.75, 3.05) is 13.2 Å². The van der Waals surface area contributed by atoms with Crippen molar-refractivity contribution in [3.8, 4) is 0 Å². The highest BCUT2D eigenvalue weighted by Crippen LogP contribution is 2.14. The molecule has 0 unspecified atom stereocenters. The maximum absolute atomic E-state index is 10.4. The molecule has 1 rings (SSSR count). The average Bonchev–Trinajstić information content (AvgIpc) is 2.75. The molecule has 0 radical (unpaired) electrons. The zero-order valence-corrected chi connectivity index (χ0v) is 19.0. The maximum atomic E-state index is 10.4. The Hall–Kier alpha value is -0.900. The Balaban J connectivity index is 1.93. The molecule has 3 N–H and O–H groups in total. The molecular weight excluding hydrogens is 358 g/mol. The van der Waals surface area contributed by atoms with E-state index in [0.29, 0.717) is 0 Å². The van der Waals surface area contributed by atoms with Gasteiger partial charge in [-0.15, -0.1) is 0 Å². The van der Waals surface area contributed by atoms with Crippen molar-refractivity contribution in [1.29, 1.82) is 0 Å². The van der Waals surface area contributed by atoms with Gasteiger partial charge in [0.1, 0.15) is 0 Å². The second kappa shape index (κ2) is 19.1. The molecule has 3 nitrogen and oxygen atoms in total. The number of aliphatic hydroxyl groups is 2. The van der Waals surface area contributed by atoms with Gasteiger partial charge in [0.05, 0.1) is 18.8 Å². The highest BCUT2D eigenvalue weighted by atomic mass is 16.3. The average molecular weight is 406 g/mol. The zero-order chi connectivity index (χ0) is 21.0. The predicted molar refractivity (Wildman–Crippen MR) is 125 cm³/mol. The molecule has 2 atom stereocenters. The minimum Gasteiger partial charge on any atom is -0.395 e. The van der Waals surface area contributed by atoms with Gasteiger partial charge in [0.2, 0.25) is 0 Å². The van der Waals surface area contributed by atoms with E-state index in [2.05, 4.69) is 24.4 Å². The van der Waals surface area contributed by atoms with Gasteiger partial charge in [-0.1, -0.05) is 121 Å². The normalized spacial score (nSPS) is 13.5. The highest BCUT2D eigenvalue weighted by Gasteiger charge is 2.17. The Kier molecular flexibility index (Phi) is 17.2. The van der Waals surface area contributed by atoms with Crippen LogP contribution in [0.1, 0.15) is 102 Å². The standard InChI is InChI=1S/C26H47NO2/c1-2-3-4-5-6-7-8-9-10-11-12-13-17-20-26(29)25(23-28)27-22-21-24-18-15-14-16-19-24/h14-16,18-19,25-29H,2-13,17,20-23H2,1H3/t25-,26+/m1/s1. The molecule has 0 bridgehead atoms. The topological polar surface area (TPSA) is 52.5 Å². The predicted octanol–water partition coefficient (Wildman–Crippen LogP) is 6.02. The molecule has 0 aliphatic heterocycles. The van der Waals surface area contributed by atoms with Gasteiger partial charge in [-0.25, -0.2) is 0 Å². The third kappa shape index (κ3) is 14.7.